The number of aryl methyl sites for hydroxylation is 1. The first-order chi connectivity index (χ1) is 18.7. The van der Waals surface area contributed by atoms with Crippen LogP contribution in [0.15, 0.2) is 88.7 Å². The molecule has 1 N–H and O–H groups in total. The van der Waals surface area contributed by atoms with Gasteiger partial charge in [-0.15, -0.1) is 0 Å². The SMILES string of the molecule is Cc1ccc(S(=O)(=O)N(CCc2ccccc2)CC(=O)NCc2ccc(S(=O)(=O)N3CCCCC3)cc2)cc1. The molecular formula is C29H35N3O5S2. The van der Waals surface area contributed by atoms with Gasteiger partial charge in [-0.2, -0.15) is 8.61 Å². The molecule has 1 fully saturated rings. The molecule has 1 heterocycles. The predicted octanol–water partition coefficient (Wildman–Crippen LogP) is 3.72. The Morgan fingerprint density at radius 1 is 0.795 bits per heavy atom. The van der Waals surface area contributed by atoms with E-state index in [-0.39, 0.29) is 29.4 Å². The minimum Gasteiger partial charge on any atom is -0.351 e. The Hall–Kier alpha value is -3.05. The van der Waals surface area contributed by atoms with Gasteiger partial charge in [0, 0.05) is 26.2 Å². The highest BCUT2D eigenvalue weighted by molar-refractivity contribution is 7.89. The lowest BCUT2D eigenvalue weighted by Crippen LogP contribution is -2.41. The molecule has 8 nitrogen and oxygen atoms in total. The molecule has 0 unspecified atom stereocenters. The zero-order valence-corrected chi connectivity index (χ0v) is 23.8. The van der Waals surface area contributed by atoms with E-state index in [0.717, 1.165) is 36.0 Å². The van der Waals surface area contributed by atoms with E-state index in [1.807, 2.05) is 37.3 Å². The number of amides is 1. The van der Waals surface area contributed by atoms with E-state index < -0.39 is 26.0 Å². The van der Waals surface area contributed by atoms with Gasteiger partial charge in [-0.25, -0.2) is 16.8 Å². The Morgan fingerprint density at radius 3 is 2.05 bits per heavy atom. The van der Waals surface area contributed by atoms with Gasteiger partial charge in [-0.05, 0) is 61.6 Å². The predicted molar refractivity (Wildman–Crippen MR) is 151 cm³/mol. The molecule has 3 aromatic rings. The fraction of sp³-hybridized carbons (Fsp3) is 0.345. The number of sulfonamides is 2. The third kappa shape index (κ3) is 7.54. The summed E-state index contributed by atoms with van der Waals surface area (Å²) < 4.78 is 55.3. The molecular weight excluding hydrogens is 534 g/mol. The Kier molecular flexibility index (Phi) is 9.55. The van der Waals surface area contributed by atoms with Crippen LogP contribution >= 0.6 is 0 Å². The topological polar surface area (TPSA) is 104 Å². The third-order valence-corrected chi connectivity index (χ3v) is 10.6. The van der Waals surface area contributed by atoms with E-state index in [1.165, 1.54) is 8.61 Å². The second-order valence-corrected chi connectivity index (χ2v) is 13.6. The summed E-state index contributed by atoms with van der Waals surface area (Å²) in [4.78, 5) is 13.3. The second kappa shape index (κ2) is 12.9. The summed E-state index contributed by atoms with van der Waals surface area (Å²) in [7, 11) is -7.43. The van der Waals surface area contributed by atoms with Crippen molar-refractivity contribution in [2.45, 2.75) is 48.9 Å². The molecule has 4 rings (SSSR count). The van der Waals surface area contributed by atoms with Crippen LogP contribution in [0, 0.1) is 6.92 Å². The summed E-state index contributed by atoms with van der Waals surface area (Å²) in [6.07, 6.45) is 3.24. The van der Waals surface area contributed by atoms with Crippen molar-refractivity contribution in [3.63, 3.8) is 0 Å². The maximum absolute atomic E-state index is 13.4. The van der Waals surface area contributed by atoms with Crippen molar-refractivity contribution in [3.8, 4) is 0 Å². The van der Waals surface area contributed by atoms with E-state index in [9.17, 15) is 21.6 Å². The summed E-state index contributed by atoms with van der Waals surface area (Å²) in [6.45, 7) is 2.92. The van der Waals surface area contributed by atoms with Gasteiger partial charge in [0.25, 0.3) is 0 Å². The van der Waals surface area contributed by atoms with Gasteiger partial charge < -0.3 is 5.32 Å². The largest absolute Gasteiger partial charge is 0.351 e. The average molecular weight is 570 g/mol. The first-order valence-electron chi connectivity index (χ1n) is 13.1. The molecule has 1 aliphatic rings. The van der Waals surface area contributed by atoms with Crippen molar-refractivity contribution < 1.29 is 21.6 Å². The van der Waals surface area contributed by atoms with Crippen LogP contribution < -0.4 is 5.32 Å². The molecule has 39 heavy (non-hydrogen) atoms. The molecule has 0 saturated carbocycles. The number of hydrogen-bond donors (Lipinski definition) is 1. The quantitative estimate of drug-likeness (QED) is 0.379. The van der Waals surface area contributed by atoms with Crippen LogP contribution in [0.2, 0.25) is 0 Å². The number of rotatable bonds is 11. The van der Waals surface area contributed by atoms with Crippen LogP contribution in [0.5, 0.6) is 0 Å². The van der Waals surface area contributed by atoms with Gasteiger partial charge in [0.2, 0.25) is 26.0 Å². The van der Waals surface area contributed by atoms with Crippen molar-refractivity contribution in [1.29, 1.82) is 0 Å². The molecule has 208 valence electrons. The minimum atomic E-state index is -3.90. The number of nitrogens with one attached hydrogen (secondary N) is 1. The summed E-state index contributed by atoms with van der Waals surface area (Å²) >= 11 is 0. The van der Waals surface area contributed by atoms with Crippen molar-refractivity contribution in [2.24, 2.45) is 0 Å². The number of hydrogen-bond acceptors (Lipinski definition) is 5. The van der Waals surface area contributed by atoms with Gasteiger partial charge in [0.05, 0.1) is 16.3 Å². The standard InChI is InChI=1S/C29H35N3O5S2/c1-24-10-14-27(15-11-24)39(36,37)32(21-18-25-8-4-2-5-9-25)23-29(33)30-22-26-12-16-28(17-13-26)38(34,35)31-19-6-3-7-20-31/h2,4-5,8-17H,3,6-7,18-23H2,1H3,(H,30,33). The Balaban J connectivity index is 1.41. The second-order valence-electron chi connectivity index (χ2n) is 9.77. The van der Waals surface area contributed by atoms with Gasteiger partial charge in [-0.1, -0.05) is 66.6 Å². The van der Waals surface area contributed by atoms with Gasteiger partial charge in [0.15, 0.2) is 0 Å². The van der Waals surface area contributed by atoms with E-state index >= 15 is 0 Å². The molecule has 0 radical (unpaired) electrons. The molecule has 0 aromatic heterocycles. The van der Waals surface area contributed by atoms with Crippen LogP contribution in [0.25, 0.3) is 0 Å². The zero-order valence-electron chi connectivity index (χ0n) is 22.1. The lowest BCUT2D eigenvalue weighted by Gasteiger charge is -2.25. The zero-order chi connectivity index (χ0) is 27.9. The minimum absolute atomic E-state index is 0.138. The van der Waals surface area contributed by atoms with Crippen LogP contribution in [-0.2, 0) is 37.8 Å². The highest BCUT2D eigenvalue weighted by atomic mass is 32.2. The number of carbonyl (C=O) groups is 1. The Bertz CT molecular complexity index is 1450. The van der Waals surface area contributed by atoms with Crippen LogP contribution in [0.3, 0.4) is 0 Å². The molecule has 10 heteroatoms. The van der Waals surface area contributed by atoms with E-state index in [4.69, 9.17) is 0 Å². The highest BCUT2D eigenvalue weighted by Crippen LogP contribution is 2.21. The van der Waals surface area contributed by atoms with Crippen LogP contribution in [0.4, 0.5) is 0 Å². The fourth-order valence-electron chi connectivity index (χ4n) is 4.49. The lowest BCUT2D eigenvalue weighted by molar-refractivity contribution is -0.121. The van der Waals surface area contributed by atoms with Gasteiger partial charge in [-0.3, -0.25) is 4.79 Å². The Morgan fingerprint density at radius 2 is 1.41 bits per heavy atom. The average Bonchev–Trinajstić information content (AvgIpc) is 2.95. The molecule has 0 atom stereocenters. The highest BCUT2D eigenvalue weighted by Gasteiger charge is 2.27. The fourth-order valence-corrected chi connectivity index (χ4v) is 7.41. The van der Waals surface area contributed by atoms with E-state index in [2.05, 4.69) is 5.32 Å². The molecule has 0 aliphatic carbocycles. The third-order valence-electron chi connectivity index (χ3n) is 6.84. The molecule has 0 spiro atoms. The van der Waals surface area contributed by atoms with Crippen LogP contribution in [0.1, 0.15) is 36.0 Å². The van der Waals surface area contributed by atoms with Crippen LogP contribution in [-0.4, -0.2) is 57.5 Å². The van der Waals surface area contributed by atoms with E-state index in [0.29, 0.717) is 19.5 Å². The number of carbonyl (C=O) groups excluding carboxylic acids is 1. The summed E-state index contributed by atoms with van der Waals surface area (Å²) in [5.74, 6) is -0.441. The van der Waals surface area contributed by atoms with Crippen molar-refractivity contribution in [3.05, 3.63) is 95.6 Å². The number of nitrogens with zero attached hydrogens (tertiary/aromatic N) is 2. The smallest absolute Gasteiger partial charge is 0.243 e. The van der Waals surface area contributed by atoms with Crippen molar-refractivity contribution >= 4 is 26.0 Å². The van der Waals surface area contributed by atoms with Crippen molar-refractivity contribution in [2.75, 3.05) is 26.2 Å². The van der Waals surface area contributed by atoms with E-state index in [1.54, 1.807) is 48.5 Å². The van der Waals surface area contributed by atoms with Gasteiger partial charge in [0.1, 0.15) is 0 Å². The lowest BCUT2D eigenvalue weighted by atomic mass is 10.1. The molecule has 0 bridgehead atoms. The van der Waals surface area contributed by atoms with Crippen molar-refractivity contribution in [1.82, 2.24) is 13.9 Å². The molecule has 1 amide bonds. The maximum Gasteiger partial charge on any atom is 0.243 e. The maximum atomic E-state index is 13.4. The normalized spacial score (nSPS) is 14.8. The monoisotopic (exact) mass is 569 g/mol. The van der Waals surface area contributed by atoms with Gasteiger partial charge >= 0.3 is 0 Å². The molecule has 1 aliphatic heterocycles. The molecule has 1 saturated heterocycles. The molecule has 3 aromatic carbocycles. The summed E-state index contributed by atoms with van der Waals surface area (Å²) in [5, 5.41) is 2.78. The summed E-state index contributed by atoms with van der Waals surface area (Å²) in [6, 6.07) is 22.6. The number of piperidine rings is 1. The Labute approximate surface area is 231 Å². The first-order valence-corrected chi connectivity index (χ1v) is 16.0. The summed E-state index contributed by atoms with van der Waals surface area (Å²) in [5.41, 5.74) is 2.64. The first kappa shape index (κ1) is 28.9. The number of benzene rings is 3.